The summed E-state index contributed by atoms with van der Waals surface area (Å²) in [6, 6.07) is 5.77. The summed E-state index contributed by atoms with van der Waals surface area (Å²) in [5.74, 6) is 0.325. The highest BCUT2D eigenvalue weighted by Crippen LogP contribution is 2.32. The number of carbonyl (C=O) groups is 1. The summed E-state index contributed by atoms with van der Waals surface area (Å²) in [4.78, 5) is 19.0. The minimum Gasteiger partial charge on any atom is -0.398 e. The van der Waals surface area contributed by atoms with E-state index in [2.05, 4.69) is 18.8 Å². The summed E-state index contributed by atoms with van der Waals surface area (Å²) in [5, 5.41) is 2.86. The molecule has 2 heterocycles. The molecule has 1 aromatic heterocycles. The van der Waals surface area contributed by atoms with Gasteiger partial charge in [0.2, 0.25) is 0 Å². The monoisotopic (exact) mass is 301 g/mol. The molecule has 1 amide bonds. The zero-order chi connectivity index (χ0) is 15.0. The molecule has 4 nitrogen and oxygen atoms in total. The Morgan fingerprint density at radius 2 is 2.24 bits per heavy atom. The van der Waals surface area contributed by atoms with Gasteiger partial charge in [0.15, 0.2) is 0 Å². The van der Waals surface area contributed by atoms with Crippen LogP contribution in [-0.4, -0.2) is 17.4 Å². The lowest BCUT2D eigenvalue weighted by Gasteiger charge is -2.29. The van der Waals surface area contributed by atoms with Gasteiger partial charge in [-0.2, -0.15) is 0 Å². The maximum atomic E-state index is 12.7. The first kappa shape index (κ1) is 14.1. The van der Waals surface area contributed by atoms with Crippen molar-refractivity contribution in [2.45, 2.75) is 32.6 Å². The van der Waals surface area contributed by atoms with Crippen LogP contribution in [0.2, 0.25) is 0 Å². The first-order valence-corrected chi connectivity index (χ1v) is 8.10. The van der Waals surface area contributed by atoms with Gasteiger partial charge < -0.3 is 10.6 Å². The molecule has 3 rings (SSSR count). The fourth-order valence-corrected chi connectivity index (χ4v) is 3.46. The number of benzene rings is 1. The van der Waals surface area contributed by atoms with E-state index in [0.717, 1.165) is 41.3 Å². The van der Waals surface area contributed by atoms with Crippen LogP contribution in [0.4, 0.5) is 11.4 Å². The summed E-state index contributed by atoms with van der Waals surface area (Å²) in [6.07, 6.45) is 1.87. The molecule has 2 aromatic rings. The van der Waals surface area contributed by atoms with Gasteiger partial charge in [-0.3, -0.25) is 4.79 Å². The van der Waals surface area contributed by atoms with Crippen molar-refractivity contribution >= 4 is 28.6 Å². The molecule has 1 aromatic carbocycles. The first-order chi connectivity index (χ1) is 10.1. The van der Waals surface area contributed by atoms with E-state index in [9.17, 15) is 4.79 Å². The Balaban J connectivity index is 1.94. The molecular formula is C16H19N3OS. The molecule has 0 saturated carbocycles. The molecule has 0 spiro atoms. The van der Waals surface area contributed by atoms with Gasteiger partial charge in [-0.05, 0) is 30.5 Å². The third-order valence-corrected chi connectivity index (χ3v) is 4.91. The van der Waals surface area contributed by atoms with Crippen molar-refractivity contribution in [2.24, 2.45) is 0 Å². The third-order valence-electron chi connectivity index (χ3n) is 3.77. The van der Waals surface area contributed by atoms with Crippen LogP contribution in [0.5, 0.6) is 0 Å². The lowest BCUT2D eigenvalue weighted by molar-refractivity contribution is 0.0981. The Labute approximate surface area is 128 Å². The maximum Gasteiger partial charge on any atom is 0.277 e. The van der Waals surface area contributed by atoms with E-state index in [-0.39, 0.29) is 5.91 Å². The van der Waals surface area contributed by atoms with E-state index in [1.807, 2.05) is 28.5 Å². The quantitative estimate of drug-likeness (QED) is 0.864. The van der Waals surface area contributed by atoms with Gasteiger partial charge in [-0.15, -0.1) is 11.3 Å². The minimum absolute atomic E-state index is 0.0234. The Hall–Kier alpha value is -1.88. The zero-order valence-corrected chi connectivity index (χ0v) is 13.1. The van der Waals surface area contributed by atoms with Crippen molar-refractivity contribution in [1.29, 1.82) is 0 Å². The molecule has 1 aliphatic rings. The van der Waals surface area contributed by atoms with E-state index < -0.39 is 0 Å². The minimum atomic E-state index is -0.0234. The van der Waals surface area contributed by atoms with Crippen LogP contribution in [0.15, 0.2) is 23.6 Å². The Bertz CT molecular complexity index is 678. The number of fused-ring (bicyclic) bond motifs is 1. The second-order valence-electron chi connectivity index (χ2n) is 5.63. The molecule has 5 heteroatoms. The summed E-state index contributed by atoms with van der Waals surface area (Å²) in [6.45, 7) is 4.90. The maximum absolute atomic E-state index is 12.7. The molecular weight excluding hydrogens is 282 g/mol. The molecule has 1 aliphatic heterocycles. The second-order valence-corrected chi connectivity index (χ2v) is 6.52. The number of anilines is 2. The number of amides is 1. The molecule has 0 fully saturated rings. The lowest BCUT2D eigenvalue weighted by Crippen LogP contribution is -2.36. The molecule has 0 radical (unpaired) electrons. The fourth-order valence-electron chi connectivity index (χ4n) is 2.65. The van der Waals surface area contributed by atoms with Crippen LogP contribution in [0, 0.1) is 0 Å². The van der Waals surface area contributed by atoms with Crippen LogP contribution >= 0.6 is 11.3 Å². The van der Waals surface area contributed by atoms with E-state index in [1.54, 1.807) is 11.3 Å². The summed E-state index contributed by atoms with van der Waals surface area (Å²) >= 11 is 1.55. The van der Waals surface area contributed by atoms with Crippen molar-refractivity contribution in [2.75, 3.05) is 17.2 Å². The highest BCUT2D eigenvalue weighted by atomic mass is 32.1. The van der Waals surface area contributed by atoms with Crippen molar-refractivity contribution in [3.63, 3.8) is 0 Å². The molecule has 0 atom stereocenters. The Kier molecular flexibility index (Phi) is 3.68. The first-order valence-electron chi connectivity index (χ1n) is 7.22. The van der Waals surface area contributed by atoms with Crippen LogP contribution in [-0.2, 0) is 6.42 Å². The number of nitrogen functional groups attached to an aromatic ring is 1. The predicted octanol–water partition coefficient (Wildman–Crippen LogP) is 3.44. The van der Waals surface area contributed by atoms with Gasteiger partial charge in [0.1, 0.15) is 5.69 Å². The van der Waals surface area contributed by atoms with Crippen molar-refractivity contribution in [3.05, 3.63) is 39.8 Å². The topological polar surface area (TPSA) is 59.2 Å². The van der Waals surface area contributed by atoms with Gasteiger partial charge in [0.25, 0.3) is 5.91 Å². The molecule has 0 saturated heterocycles. The molecule has 0 aliphatic carbocycles. The van der Waals surface area contributed by atoms with Crippen LogP contribution in [0.1, 0.15) is 47.2 Å². The van der Waals surface area contributed by atoms with Gasteiger partial charge in [0, 0.05) is 29.2 Å². The number of aromatic nitrogens is 1. The van der Waals surface area contributed by atoms with Crippen LogP contribution in [0.3, 0.4) is 0 Å². The number of hydrogen-bond donors (Lipinski definition) is 1. The second kappa shape index (κ2) is 5.48. The lowest BCUT2D eigenvalue weighted by atomic mass is 9.99. The zero-order valence-electron chi connectivity index (χ0n) is 12.3. The highest BCUT2D eigenvalue weighted by Gasteiger charge is 2.26. The predicted molar refractivity (Wildman–Crippen MR) is 87.1 cm³/mol. The normalized spacial score (nSPS) is 14.3. The smallest absolute Gasteiger partial charge is 0.277 e. The van der Waals surface area contributed by atoms with Crippen LogP contribution in [0.25, 0.3) is 0 Å². The molecule has 2 N–H and O–H groups in total. The van der Waals surface area contributed by atoms with Crippen molar-refractivity contribution in [3.8, 4) is 0 Å². The van der Waals surface area contributed by atoms with Crippen molar-refractivity contribution in [1.82, 2.24) is 4.98 Å². The van der Waals surface area contributed by atoms with Gasteiger partial charge in [0.05, 0.1) is 5.01 Å². The Morgan fingerprint density at radius 3 is 2.95 bits per heavy atom. The Morgan fingerprint density at radius 1 is 1.43 bits per heavy atom. The average molecular weight is 301 g/mol. The molecule has 110 valence electrons. The fraction of sp³-hybridized carbons (Fsp3) is 0.375. The van der Waals surface area contributed by atoms with Crippen LogP contribution < -0.4 is 10.6 Å². The van der Waals surface area contributed by atoms with E-state index >= 15 is 0 Å². The standard InChI is InChI=1S/C16H19N3OS/c1-10(2)15-18-13(9-21-15)16(20)19-8-4-5-11-12(17)6-3-7-14(11)19/h3,6-7,9-10H,4-5,8,17H2,1-2H3. The highest BCUT2D eigenvalue weighted by molar-refractivity contribution is 7.09. The number of nitrogens with two attached hydrogens (primary N) is 1. The van der Waals surface area contributed by atoms with Gasteiger partial charge in [-0.1, -0.05) is 19.9 Å². The molecule has 0 bridgehead atoms. The number of nitrogens with zero attached hydrogens (tertiary/aromatic N) is 2. The number of thiazole rings is 1. The average Bonchev–Trinajstić information content (AvgIpc) is 2.96. The molecule has 21 heavy (non-hydrogen) atoms. The summed E-state index contributed by atoms with van der Waals surface area (Å²) in [7, 11) is 0. The van der Waals surface area contributed by atoms with Gasteiger partial charge in [-0.25, -0.2) is 4.98 Å². The number of rotatable bonds is 2. The summed E-state index contributed by atoms with van der Waals surface area (Å²) in [5.41, 5.74) is 9.36. The largest absolute Gasteiger partial charge is 0.398 e. The number of carbonyl (C=O) groups excluding carboxylic acids is 1. The number of hydrogen-bond acceptors (Lipinski definition) is 4. The third kappa shape index (κ3) is 2.53. The van der Waals surface area contributed by atoms with E-state index in [0.29, 0.717) is 11.6 Å². The van der Waals surface area contributed by atoms with Gasteiger partial charge >= 0.3 is 0 Å². The van der Waals surface area contributed by atoms with E-state index in [4.69, 9.17) is 5.73 Å². The summed E-state index contributed by atoms with van der Waals surface area (Å²) < 4.78 is 0. The molecule has 0 unspecified atom stereocenters. The van der Waals surface area contributed by atoms with E-state index in [1.165, 1.54) is 0 Å². The van der Waals surface area contributed by atoms with Crippen molar-refractivity contribution < 1.29 is 4.79 Å². The SMILES string of the molecule is CC(C)c1nc(C(=O)N2CCCc3c(N)cccc32)cs1.